The highest BCUT2D eigenvalue weighted by atomic mass is 19.1. The molecule has 0 bridgehead atoms. The number of halogens is 1. The summed E-state index contributed by atoms with van der Waals surface area (Å²) < 4.78 is 15.8. The van der Waals surface area contributed by atoms with Crippen LogP contribution in [0, 0.1) is 12.7 Å². The summed E-state index contributed by atoms with van der Waals surface area (Å²) in [5, 5.41) is 9.83. The Morgan fingerprint density at radius 2 is 2.22 bits per heavy atom. The monoisotopic (exact) mass is 246 g/mol. The van der Waals surface area contributed by atoms with E-state index in [4.69, 9.17) is 0 Å². The lowest BCUT2D eigenvalue weighted by atomic mass is 10.1. The zero-order chi connectivity index (χ0) is 12.8. The summed E-state index contributed by atoms with van der Waals surface area (Å²) in [7, 11) is 0. The maximum Gasteiger partial charge on any atom is 0.147 e. The van der Waals surface area contributed by atoms with Crippen molar-refractivity contribution in [2.45, 2.75) is 31.8 Å². The van der Waals surface area contributed by atoms with Crippen LogP contribution in [0.5, 0.6) is 0 Å². The van der Waals surface area contributed by atoms with E-state index in [-0.39, 0.29) is 5.82 Å². The largest absolute Gasteiger partial charge is 0.390 e. The third-order valence-corrected chi connectivity index (χ3v) is 3.46. The van der Waals surface area contributed by atoms with Crippen molar-refractivity contribution in [3.8, 4) is 5.69 Å². The molecule has 2 aromatic rings. The number of benzene rings is 1. The van der Waals surface area contributed by atoms with Gasteiger partial charge in [0.15, 0.2) is 0 Å². The van der Waals surface area contributed by atoms with Crippen molar-refractivity contribution < 1.29 is 9.50 Å². The number of imidazole rings is 1. The lowest BCUT2D eigenvalue weighted by Gasteiger charge is -2.11. The van der Waals surface area contributed by atoms with Crippen LogP contribution in [0.3, 0.4) is 0 Å². The molecule has 1 aliphatic rings. The maximum atomic E-state index is 14.1. The van der Waals surface area contributed by atoms with Crippen LogP contribution in [-0.4, -0.2) is 20.3 Å². The van der Waals surface area contributed by atoms with Gasteiger partial charge in [-0.15, -0.1) is 0 Å². The molecule has 0 atom stereocenters. The van der Waals surface area contributed by atoms with Crippen LogP contribution in [0.25, 0.3) is 5.69 Å². The molecule has 3 nitrogen and oxygen atoms in total. The van der Waals surface area contributed by atoms with E-state index in [1.807, 2.05) is 13.0 Å². The molecule has 0 amide bonds. The van der Waals surface area contributed by atoms with Gasteiger partial charge in [-0.05, 0) is 37.5 Å². The average Bonchev–Trinajstić information content (AvgIpc) is 2.87. The molecule has 1 aromatic carbocycles. The molecule has 0 radical (unpaired) electrons. The Hall–Kier alpha value is -1.68. The summed E-state index contributed by atoms with van der Waals surface area (Å²) in [6, 6.07) is 5.12. The second kappa shape index (κ2) is 3.92. The lowest BCUT2D eigenvalue weighted by molar-refractivity contribution is 0.151. The topological polar surface area (TPSA) is 38.0 Å². The van der Waals surface area contributed by atoms with Gasteiger partial charge in [0, 0.05) is 18.8 Å². The molecule has 0 unspecified atom stereocenters. The number of aliphatic hydroxyl groups is 1. The Labute approximate surface area is 105 Å². The van der Waals surface area contributed by atoms with Gasteiger partial charge in [-0.3, -0.25) is 0 Å². The smallest absolute Gasteiger partial charge is 0.147 e. The quantitative estimate of drug-likeness (QED) is 0.903. The predicted molar refractivity (Wildman–Crippen MR) is 66.1 cm³/mol. The fourth-order valence-corrected chi connectivity index (χ4v) is 2.19. The number of aryl methyl sites for hydroxylation is 1. The van der Waals surface area contributed by atoms with Gasteiger partial charge >= 0.3 is 0 Å². The van der Waals surface area contributed by atoms with E-state index >= 15 is 0 Å². The first-order chi connectivity index (χ1) is 8.57. The minimum Gasteiger partial charge on any atom is -0.390 e. The average molecular weight is 246 g/mol. The van der Waals surface area contributed by atoms with E-state index in [9.17, 15) is 9.50 Å². The molecule has 0 spiro atoms. The highest BCUT2D eigenvalue weighted by Crippen LogP contribution is 2.38. The van der Waals surface area contributed by atoms with Crippen molar-refractivity contribution in [2.75, 3.05) is 0 Å². The predicted octanol–water partition coefficient (Wildman–Crippen LogP) is 2.39. The first-order valence-corrected chi connectivity index (χ1v) is 6.09. The molecule has 18 heavy (non-hydrogen) atoms. The molecular formula is C14H15FN2O. The van der Waals surface area contributed by atoms with Gasteiger partial charge in [-0.2, -0.15) is 0 Å². The van der Waals surface area contributed by atoms with E-state index in [0.29, 0.717) is 12.1 Å². The minimum atomic E-state index is -0.584. The molecular weight excluding hydrogens is 231 g/mol. The molecule has 4 heteroatoms. The Kier molecular flexibility index (Phi) is 2.48. The van der Waals surface area contributed by atoms with Crippen molar-refractivity contribution in [1.82, 2.24) is 9.55 Å². The third-order valence-electron chi connectivity index (χ3n) is 3.46. The fraction of sp³-hybridized carbons (Fsp3) is 0.357. The van der Waals surface area contributed by atoms with Gasteiger partial charge in [0.05, 0.1) is 11.3 Å². The normalized spacial score (nSPS) is 16.8. The van der Waals surface area contributed by atoms with E-state index < -0.39 is 5.60 Å². The molecule has 1 N–H and O–H groups in total. The van der Waals surface area contributed by atoms with Crippen LogP contribution in [-0.2, 0) is 6.42 Å². The number of hydrogen-bond donors (Lipinski definition) is 1. The second-order valence-electron chi connectivity index (χ2n) is 5.03. The van der Waals surface area contributed by atoms with Crippen molar-refractivity contribution in [3.05, 3.63) is 47.8 Å². The molecule has 0 saturated heterocycles. The Balaban J connectivity index is 1.92. The van der Waals surface area contributed by atoms with Gasteiger partial charge in [0.1, 0.15) is 11.6 Å². The summed E-state index contributed by atoms with van der Waals surface area (Å²) in [5.74, 6) is 0.473. The van der Waals surface area contributed by atoms with Gasteiger partial charge in [0.25, 0.3) is 0 Å². The van der Waals surface area contributed by atoms with Crippen LogP contribution in [0.4, 0.5) is 4.39 Å². The number of nitrogens with zero attached hydrogens (tertiary/aromatic N) is 2. The molecule has 1 heterocycles. The van der Waals surface area contributed by atoms with E-state index in [1.54, 1.807) is 23.0 Å². The van der Waals surface area contributed by atoms with Gasteiger partial charge < -0.3 is 9.67 Å². The van der Waals surface area contributed by atoms with Crippen molar-refractivity contribution in [1.29, 1.82) is 0 Å². The van der Waals surface area contributed by atoms with Gasteiger partial charge in [0.2, 0.25) is 0 Å². The minimum absolute atomic E-state index is 0.280. The molecule has 1 saturated carbocycles. The first kappa shape index (κ1) is 11.4. The molecule has 3 rings (SSSR count). The van der Waals surface area contributed by atoms with Crippen molar-refractivity contribution in [3.63, 3.8) is 0 Å². The maximum absolute atomic E-state index is 14.1. The number of aromatic nitrogens is 2. The SMILES string of the molecule is Cc1nccn1-c1ccc(CC2(O)CC2)cc1F. The van der Waals surface area contributed by atoms with Gasteiger partial charge in [-0.1, -0.05) is 6.07 Å². The van der Waals surface area contributed by atoms with Crippen LogP contribution in [0.15, 0.2) is 30.6 Å². The highest BCUT2D eigenvalue weighted by molar-refractivity contribution is 5.38. The Bertz CT molecular complexity index is 587. The summed E-state index contributed by atoms with van der Waals surface area (Å²) >= 11 is 0. The zero-order valence-corrected chi connectivity index (χ0v) is 10.2. The summed E-state index contributed by atoms with van der Waals surface area (Å²) in [5.41, 5.74) is 0.754. The number of rotatable bonds is 3. The zero-order valence-electron chi connectivity index (χ0n) is 10.2. The molecule has 94 valence electrons. The fourth-order valence-electron chi connectivity index (χ4n) is 2.19. The van der Waals surface area contributed by atoms with Crippen LogP contribution < -0.4 is 0 Å². The number of hydrogen-bond acceptors (Lipinski definition) is 2. The Morgan fingerprint density at radius 3 is 2.78 bits per heavy atom. The molecule has 1 aliphatic carbocycles. The molecule has 1 fully saturated rings. The summed E-state index contributed by atoms with van der Waals surface area (Å²) in [6.07, 6.45) is 5.55. The first-order valence-electron chi connectivity index (χ1n) is 6.09. The molecule has 0 aliphatic heterocycles. The van der Waals surface area contributed by atoms with Gasteiger partial charge in [-0.25, -0.2) is 9.37 Å². The van der Waals surface area contributed by atoms with Crippen LogP contribution in [0.2, 0.25) is 0 Å². The third kappa shape index (κ3) is 2.04. The van der Waals surface area contributed by atoms with E-state index in [2.05, 4.69) is 4.98 Å². The molecule has 1 aromatic heterocycles. The van der Waals surface area contributed by atoms with E-state index in [1.165, 1.54) is 6.07 Å². The lowest BCUT2D eigenvalue weighted by Crippen LogP contribution is -2.11. The Morgan fingerprint density at radius 1 is 1.44 bits per heavy atom. The highest BCUT2D eigenvalue weighted by Gasteiger charge is 2.40. The standard InChI is InChI=1S/C14H15FN2O/c1-10-16-6-7-17(10)13-3-2-11(8-12(13)15)9-14(18)4-5-14/h2-3,6-8,18H,4-5,9H2,1H3. The van der Waals surface area contributed by atoms with Crippen LogP contribution >= 0.6 is 0 Å². The van der Waals surface area contributed by atoms with Crippen LogP contribution in [0.1, 0.15) is 24.2 Å². The van der Waals surface area contributed by atoms with Crippen molar-refractivity contribution >= 4 is 0 Å². The summed E-state index contributed by atoms with van der Waals surface area (Å²) in [6.45, 7) is 1.83. The van der Waals surface area contributed by atoms with Crippen molar-refractivity contribution in [2.24, 2.45) is 0 Å². The second-order valence-corrected chi connectivity index (χ2v) is 5.03. The summed E-state index contributed by atoms with van der Waals surface area (Å²) in [4.78, 5) is 4.08. The van der Waals surface area contributed by atoms with E-state index in [0.717, 1.165) is 24.2 Å².